The molecule has 6 nitrogen and oxygen atoms in total. The predicted octanol–water partition coefficient (Wildman–Crippen LogP) is 5.22. The SMILES string of the molecule is O=C(CSc1nc(-c2cccs2)nc2ccccc12)Nc1ccccc1N1CCCC1=O. The van der Waals surface area contributed by atoms with Crippen LogP contribution in [0.4, 0.5) is 11.4 Å². The van der Waals surface area contributed by atoms with Crippen molar-refractivity contribution in [1.82, 2.24) is 9.97 Å². The van der Waals surface area contributed by atoms with Gasteiger partial charge in [-0.15, -0.1) is 11.3 Å². The molecule has 0 unspecified atom stereocenters. The van der Waals surface area contributed by atoms with Crippen molar-refractivity contribution in [2.24, 2.45) is 0 Å². The quantitative estimate of drug-likeness (QED) is 0.316. The van der Waals surface area contributed by atoms with E-state index >= 15 is 0 Å². The summed E-state index contributed by atoms with van der Waals surface area (Å²) in [5.41, 5.74) is 2.26. The molecule has 3 heterocycles. The number of anilines is 2. The Kier molecular flexibility index (Phi) is 5.87. The highest BCUT2D eigenvalue weighted by Crippen LogP contribution is 2.32. The normalized spacial score (nSPS) is 13.6. The van der Waals surface area contributed by atoms with Crippen molar-refractivity contribution in [2.45, 2.75) is 17.9 Å². The van der Waals surface area contributed by atoms with E-state index in [1.807, 2.05) is 66.0 Å². The average Bonchev–Trinajstić information content (AvgIpc) is 3.50. The average molecular weight is 461 g/mol. The van der Waals surface area contributed by atoms with Gasteiger partial charge in [0.1, 0.15) is 5.03 Å². The molecule has 0 radical (unpaired) electrons. The van der Waals surface area contributed by atoms with Crippen LogP contribution in [0.15, 0.2) is 71.1 Å². The molecule has 32 heavy (non-hydrogen) atoms. The molecule has 1 fully saturated rings. The van der Waals surface area contributed by atoms with Gasteiger partial charge in [-0.05, 0) is 36.1 Å². The molecule has 1 N–H and O–H groups in total. The minimum absolute atomic E-state index is 0.0923. The summed E-state index contributed by atoms with van der Waals surface area (Å²) < 4.78 is 0. The van der Waals surface area contributed by atoms with Crippen molar-refractivity contribution in [1.29, 1.82) is 0 Å². The summed E-state index contributed by atoms with van der Waals surface area (Å²) in [4.78, 5) is 37.1. The fourth-order valence-electron chi connectivity index (χ4n) is 3.71. The van der Waals surface area contributed by atoms with Crippen LogP contribution in [0, 0.1) is 0 Å². The molecule has 0 spiro atoms. The van der Waals surface area contributed by atoms with Gasteiger partial charge in [0.05, 0.1) is 27.5 Å². The highest BCUT2D eigenvalue weighted by molar-refractivity contribution is 8.00. The molecule has 5 rings (SSSR count). The number of benzene rings is 2. The fourth-order valence-corrected chi connectivity index (χ4v) is 5.19. The smallest absolute Gasteiger partial charge is 0.234 e. The minimum atomic E-state index is -0.144. The Balaban J connectivity index is 1.36. The van der Waals surface area contributed by atoms with Crippen LogP contribution < -0.4 is 10.2 Å². The van der Waals surface area contributed by atoms with Crippen molar-refractivity contribution < 1.29 is 9.59 Å². The first-order valence-electron chi connectivity index (χ1n) is 10.3. The number of amides is 2. The van der Waals surface area contributed by atoms with Crippen LogP contribution in [-0.2, 0) is 9.59 Å². The molecule has 8 heteroatoms. The van der Waals surface area contributed by atoms with Gasteiger partial charge >= 0.3 is 0 Å². The predicted molar refractivity (Wildman–Crippen MR) is 130 cm³/mol. The summed E-state index contributed by atoms with van der Waals surface area (Å²) in [6, 6.07) is 19.2. The Bertz CT molecular complexity index is 1290. The number of hydrogen-bond donors (Lipinski definition) is 1. The topological polar surface area (TPSA) is 75.2 Å². The van der Waals surface area contributed by atoms with Crippen LogP contribution in [0.25, 0.3) is 21.6 Å². The zero-order chi connectivity index (χ0) is 21.9. The third-order valence-electron chi connectivity index (χ3n) is 5.19. The third kappa shape index (κ3) is 4.24. The number of aromatic nitrogens is 2. The van der Waals surface area contributed by atoms with Gasteiger partial charge in [-0.1, -0.05) is 48.2 Å². The number of carbonyl (C=O) groups is 2. The van der Waals surface area contributed by atoms with E-state index in [0.717, 1.165) is 32.9 Å². The number of carbonyl (C=O) groups excluding carboxylic acids is 2. The van der Waals surface area contributed by atoms with E-state index in [-0.39, 0.29) is 17.6 Å². The van der Waals surface area contributed by atoms with Gasteiger partial charge in [-0.25, -0.2) is 9.97 Å². The molecule has 2 aromatic carbocycles. The number of nitrogens with zero attached hydrogens (tertiary/aromatic N) is 3. The summed E-state index contributed by atoms with van der Waals surface area (Å²) in [5, 5.41) is 6.67. The summed E-state index contributed by atoms with van der Waals surface area (Å²) in [6.07, 6.45) is 1.38. The maximum atomic E-state index is 12.8. The summed E-state index contributed by atoms with van der Waals surface area (Å²) in [7, 11) is 0. The molecule has 0 aliphatic carbocycles. The third-order valence-corrected chi connectivity index (χ3v) is 7.05. The maximum absolute atomic E-state index is 12.8. The van der Waals surface area contributed by atoms with Crippen LogP contribution in [0.5, 0.6) is 0 Å². The molecule has 1 aliphatic heterocycles. The van der Waals surface area contributed by atoms with E-state index in [2.05, 4.69) is 10.3 Å². The van der Waals surface area contributed by atoms with Crippen LogP contribution in [0.3, 0.4) is 0 Å². The lowest BCUT2D eigenvalue weighted by Gasteiger charge is -2.20. The van der Waals surface area contributed by atoms with Gasteiger partial charge in [0.25, 0.3) is 0 Å². The molecule has 160 valence electrons. The highest BCUT2D eigenvalue weighted by Gasteiger charge is 2.24. The second-order valence-corrected chi connectivity index (χ2v) is 9.26. The van der Waals surface area contributed by atoms with E-state index < -0.39 is 0 Å². The maximum Gasteiger partial charge on any atom is 0.234 e. The first-order valence-corrected chi connectivity index (χ1v) is 12.2. The lowest BCUT2D eigenvalue weighted by atomic mass is 10.2. The number of para-hydroxylation sites is 3. The molecule has 2 aromatic heterocycles. The summed E-state index contributed by atoms with van der Waals surface area (Å²) in [5.74, 6) is 0.816. The molecule has 4 aromatic rings. The molecular formula is C24H20N4O2S2. The highest BCUT2D eigenvalue weighted by atomic mass is 32.2. The zero-order valence-corrected chi connectivity index (χ0v) is 18.8. The lowest BCUT2D eigenvalue weighted by Crippen LogP contribution is -2.26. The van der Waals surface area contributed by atoms with Gasteiger partial charge in [-0.3, -0.25) is 9.59 Å². The number of nitrogens with one attached hydrogen (secondary N) is 1. The standard InChI is InChI=1S/C24H20N4O2S2/c29-21(25-18-9-3-4-10-19(18)28-13-5-12-22(28)30)15-32-24-16-7-1-2-8-17(16)26-23(27-24)20-11-6-14-31-20/h1-4,6-11,14H,5,12-13,15H2,(H,25,29). The number of rotatable bonds is 6. The summed E-state index contributed by atoms with van der Waals surface area (Å²) in [6.45, 7) is 0.679. The monoisotopic (exact) mass is 460 g/mol. The van der Waals surface area contributed by atoms with E-state index in [4.69, 9.17) is 4.98 Å². The number of fused-ring (bicyclic) bond motifs is 1. The summed E-state index contributed by atoms with van der Waals surface area (Å²) >= 11 is 2.98. The van der Waals surface area contributed by atoms with Gasteiger partial charge in [-0.2, -0.15) is 0 Å². The first-order chi connectivity index (χ1) is 15.7. The van der Waals surface area contributed by atoms with Crippen molar-refractivity contribution in [2.75, 3.05) is 22.5 Å². The Hall–Kier alpha value is -3.23. The number of hydrogen-bond acceptors (Lipinski definition) is 6. The Morgan fingerprint density at radius 1 is 1.06 bits per heavy atom. The fraction of sp³-hybridized carbons (Fsp3) is 0.167. The van der Waals surface area contributed by atoms with Gasteiger partial charge in [0.15, 0.2) is 5.82 Å². The largest absolute Gasteiger partial charge is 0.324 e. The molecule has 0 saturated carbocycles. The van der Waals surface area contributed by atoms with E-state index in [1.165, 1.54) is 11.8 Å². The minimum Gasteiger partial charge on any atom is -0.324 e. The van der Waals surface area contributed by atoms with Gasteiger partial charge < -0.3 is 10.2 Å². The second-order valence-electron chi connectivity index (χ2n) is 7.35. The van der Waals surface area contributed by atoms with Crippen molar-refractivity contribution in [3.05, 3.63) is 66.0 Å². The first kappa shape index (κ1) is 20.7. The zero-order valence-electron chi connectivity index (χ0n) is 17.2. The van der Waals surface area contributed by atoms with Gasteiger partial charge in [0, 0.05) is 18.4 Å². The van der Waals surface area contributed by atoms with E-state index in [9.17, 15) is 9.59 Å². The molecule has 1 aliphatic rings. The van der Waals surface area contributed by atoms with Crippen LogP contribution in [-0.4, -0.2) is 34.1 Å². The number of thioether (sulfide) groups is 1. The van der Waals surface area contributed by atoms with Crippen molar-refractivity contribution in [3.8, 4) is 10.7 Å². The molecular weight excluding hydrogens is 440 g/mol. The van der Waals surface area contributed by atoms with Crippen molar-refractivity contribution in [3.63, 3.8) is 0 Å². The molecule has 0 bridgehead atoms. The van der Waals surface area contributed by atoms with Crippen molar-refractivity contribution >= 4 is 57.2 Å². The van der Waals surface area contributed by atoms with Crippen LogP contribution in [0.1, 0.15) is 12.8 Å². The van der Waals surface area contributed by atoms with Crippen LogP contribution in [0.2, 0.25) is 0 Å². The van der Waals surface area contributed by atoms with Gasteiger partial charge in [0.2, 0.25) is 11.8 Å². The second kappa shape index (κ2) is 9.10. The molecule has 2 amide bonds. The number of thiophene rings is 1. The molecule has 1 saturated heterocycles. The Labute approximate surface area is 193 Å². The molecule has 0 atom stereocenters. The Morgan fingerprint density at radius 3 is 2.72 bits per heavy atom. The Morgan fingerprint density at radius 2 is 1.91 bits per heavy atom. The van der Waals surface area contributed by atoms with E-state index in [0.29, 0.717) is 24.5 Å². The van der Waals surface area contributed by atoms with Crippen LogP contribution >= 0.6 is 23.1 Å². The van der Waals surface area contributed by atoms with E-state index in [1.54, 1.807) is 16.2 Å². The lowest BCUT2D eigenvalue weighted by molar-refractivity contribution is -0.117.